The van der Waals surface area contributed by atoms with Crippen molar-refractivity contribution in [2.75, 3.05) is 20.1 Å². The van der Waals surface area contributed by atoms with Gasteiger partial charge < -0.3 is 5.32 Å². The summed E-state index contributed by atoms with van der Waals surface area (Å²) in [4.78, 5) is 0.841. The molecule has 0 unspecified atom stereocenters. The number of nitrogens with one attached hydrogen (secondary N) is 3. The maximum absolute atomic E-state index is 4.79. The zero-order valence-corrected chi connectivity index (χ0v) is 6.64. The summed E-state index contributed by atoms with van der Waals surface area (Å²) in [5.74, 6) is 0. The van der Waals surface area contributed by atoms with E-state index in [4.69, 9.17) is 12.2 Å². The number of hydrazine groups is 1. The summed E-state index contributed by atoms with van der Waals surface area (Å²) in [5, 5.41) is 3.01. The van der Waals surface area contributed by atoms with Gasteiger partial charge in [0.1, 0.15) is 0 Å². The number of thiocarbonyl (C=S) groups is 1. The van der Waals surface area contributed by atoms with Crippen LogP contribution in [-0.2, 0) is 0 Å². The van der Waals surface area contributed by atoms with Crippen LogP contribution in [0.2, 0.25) is 0 Å². The van der Waals surface area contributed by atoms with Crippen molar-refractivity contribution in [2.24, 2.45) is 0 Å². The van der Waals surface area contributed by atoms with E-state index in [2.05, 4.69) is 16.2 Å². The van der Waals surface area contributed by atoms with Crippen molar-refractivity contribution < 1.29 is 0 Å². The van der Waals surface area contributed by atoms with Gasteiger partial charge in [-0.3, -0.25) is 10.9 Å². The Morgan fingerprint density at radius 2 is 2.11 bits per heavy atom. The lowest BCUT2D eigenvalue weighted by molar-refractivity contribution is 0.591. The Bertz CT molecular complexity index is 84.3. The predicted octanol–water partition coefficient (Wildman–Crippen LogP) is -0.353. The highest BCUT2D eigenvalue weighted by molar-refractivity contribution is 7.80. The molecule has 0 aromatic heterocycles. The largest absolute Gasteiger partial charge is 0.379 e. The fourth-order valence-corrected chi connectivity index (χ4v) is 0.528. The van der Waals surface area contributed by atoms with Crippen molar-refractivity contribution in [3.05, 3.63) is 0 Å². The fraction of sp³-hybridized carbons (Fsp3) is 0.800. The first kappa shape index (κ1) is 8.81. The van der Waals surface area contributed by atoms with Crippen LogP contribution in [0.25, 0.3) is 0 Å². The van der Waals surface area contributed by atoms with Gasteiger partial charge >= 0.3 is 0 Å². The van der Waals surface area contributed by atoms with Crippen molar-refractivity contribution in [3.8, 4) is 0 Å². The minimum atomic E-state index is 0.841. The van der Waals surface area contributed by atoms with E-state index in [1.165, 1.54) is 0 Å². The van der Waals surface area contributed by atoms with E-state index < -0.39 is 0 Å². The fourth-order valence-electron chi connectivity index (χ4n) is 0.426. The first-order chi connectivity index (χ1) is 4.27. The zero-order chi connectivity index (χ0) is 7.11. The Morgan fingerprint density at radius 3 is 2.56 bits per heavy atom. The van der Waals surface area contributed by atoms with Crippen LogP contribution in [-0.4, -0.2) is 25.1 Å². The first-order valence-electron chi connectivity index (χ1n) is 2.91. The van der Waals surface area contributed by atoms with Crippen LogP contribution < -0.4 is 16.2 Å². The second-order valence-corrected chi connectivity index (χ2v) is 2.27. The molecule has 0 fully saturated rings. The molecule has 0 amide bonds. The van der Waals surface area contributed by atoms with Crippen LogP contribution in [0.15, 0.2) is 0 Å². The Morgan fingerprint density at radius 1 is 1.44 bits per heavy atom. The minimum Gasteiger partial charge on any atom is -0.379 e. The molecule has 0 saturated heterocycles. The number of hydrogen-bond acceptors (Lipinski definition) is 3. The van der Waals surface area contributed by atoms with Crippen LogP contribution in [0.5, 0.6) is 0 Å². The van der Waals surface area contributed by atoms with Gasteiger partial charge in [-0.05, 0) is 14.0 Å². The van der Waals surface area contributed by atoms with Crippen molar-refractivity contribution in [1.29, 1.82) is 0 Å². The molecule has 0 aromatic carbocycles. The Labute approximate surface area is 61.2 Å². The molecule has 9 heavy (non-hydrogen) atoms. The normalized spacial score (nSPS) is 9.11. The van der Waals surface area contributed by atoms with Crippen LogP contribution in [0, 0.1) is 0 Å². The van der Waals surface area contributed by atoms with Crippen LogP contribution in [0.1, 0.15) is 6.92 Å². The number of hydrogen-bond donors (Lipinski definition) is 3. The molecule has 0 aliphatic heterocycles. The molecule has 0 aromatic rings. The van der Waals surface area contributed by atoms with E-state index in [0.29, 0.717) is 0 Å². The molecular weight excluding hydrogens is 134 g/mol. The van der Waals surface area contributed by atoms with Gasteiger partial charge in [-0.1, -0.05) is 12.2 Å². The van der Waals surface area contributed by atoms with Gasteiger partial charge in [0.05, 0.1) is 4.99 Å². The zero-order valence-electron chi connectivity index (χ0n) is 5.82. The first-order valence-corrected chi connectivity index (χ1v) is 3.32. The van der Waals surface area contributed by atoms with Crippen molar-refractivity contribution in [3.63, 3.8) is 0 Å². The lowest BCUT2D eigenvalue weighted by atomic mass is 10.6. The second kappa shape index (κ2) is 5.94. The van der Waals surface area contributed by atoms with E-state index in [9.17, 15) is 0 Å². The third-order valence-corrected chi connectivity index (χ3v) is 0.945. The van der Waals surface area contributed by atoms with Gasteiger partial charge in [-0.25, -0.2) is 0 Å². The molecule has 0 aliphatic rings. The smallest absolute Gasteiger partial charge is 0.0722 e. The Kier molecular flexibility index (Phi) is 5.81. The molecule has 4 heteroatoms. The third kappa shape index (κ3) is 7.81. The van der Waals surface area contributed by atoms with Crippen LogP contribution >= 0.6 is 12.2 Å². The predicted molar refractivity (Wildman–Crippen MR) is 43.3 cm³/mol. The average Bonchev–Trinajstić information content (AvgIpc) is 1.80. The Hall–Kier alpha value is -0.190. The van der Waals surface area contributed by atoms with Crippen LogP contribution in [0.4, 0.5) is 0 Å². The topological polar surface area (TPSA) is 36.1 Å². The van der Waals surface area contributed by atoms with E-state index in [1.807, 2.05) is 14.0 Å². The summed E-state index contributed by atoms with van der Waals surface area (Å²) in [6.07, 6.45) is 0. The standard InChI is InChI=1S/C5H13N3S/c1-5(9)7-3-4-8-6-2/h6,8H,3-4H2,1-2H3,(H,7,9). The molecule has 0 bridgehead atoms. The molecule has 0 spiro atoms. The van der Waals surface area contributed by atoms with Gasteiger partial charge in [0.25, 0.3) is 0 Å². The van der Waals surface area contributed by atoms with E-state index >= 15 is 0 Å². The van der Waals surface area contributed by atoms with Gasteiger partial charge in [0, 0.05) is 13.1 Å². The van der Waals surface area contributed by atoms with Gasteiger partial charge in [-0.2, -0.15) is 0 Å². The summed E-state index contributed by atoms with van der Waals surface area (Å²) >= 11 is 4.79. The molecule has 0 heterocycles. The van der Waals surface area contributed by atoms with E-state index in [0.717, 1.165) is 18.1 Å². The maximum Gasteiger partial charge on any atom is 0.0722 e. The molecule has 54 valence electrons. The summed E-state index contributed by atoms with van der Waals surface area (Å²) in [7, 11) is 1.84. The summed E-state index contributed by atoms with van der Waals surface area (Å²) in [6.45, 7) is 3.62. The lowest BCUT2D eigenvalue weighted by Gasteiger charge is -2.03. The monoisotopic (exact) mass is 147 g/mol. The van der Waals surface area contributed by atoms with Crippen molar-refractivity contribution >= 4 is 17.2 Å². The third-order valence-electron chi connectivity index (χ3n) is 0.801. The molecule has 0 aliphatic carbocycles. The lowest BCUT2D eigenvalue weighted by Crippen LogP contribution is -2.35. The molecule has 0 radical (unpaired) electrons. The highest BCUT2D eigenvalue weighted by Gasteiger charge is 1.83. The molecular formula is C5H13N3S. The average molecular weight is 147 g/mol. The second-order valence-electron chi connectivity index (χ2n) is 1.66. The van der Waals surface area contributed by atoms with Gasteiger partial charge in [-0.15, -0.1) is 0 Å². The van der Waals surface area contributed by atoms with Crippen molar-refractivity contribution in [1.82, 2.24) is 16.2 Å². The van der Waals surface area contributed by atoms with Gasteiger partial charge in [0.2, 0.25) is 0 Å². The summed E-state index contributed by atoms with van der Waals surface area (Å²) in [5.41, 5.74) is 5.74. The highest BCUT2D eigenvalue weighted by atomic mass is 32.1. The number of rotatable bonds is 4. The maximum atomic E-state index is 4.79. The van der Waals surface area contributed by atoms with Crippen molar-refractivity contribution in [2.45, 2.75) is 6.92 Å². The molecule has 3 nitrogen and oxygen atoms in total. The quantitative estimate of drug-likeness (QED) is 0.288. The molecule has 3 N–H and O–H groups in total. The molecule has 0 atom stereocenters. The van der Waals surface area contributed by atoms with Crippen LogP contribution in [0.3, 0.4) is 0 Å². The van der Waals surface area contributed by atoms with Gasteiger partial charge in [0.15, 0.2) is 0 Å². The molecule has 0 rings (SSSR count). The summed E-state index contributed by atoms with van der Waals surface area (Å²) < 4.78 is 0. The van der Waals surface area contributed by atoms with E-state index in [1.54, 1.807) is 0 Å². The highest BCUT2D eigenvalue weighted by Crippen LogP contribution is 1.63. The Balaban J connectivity index is 2.83. The minimum absolute atomic E-state index is 0.841. The molecule has 0 saturated carbocycles. The summed E-state index contributed by atoms with van der Waals surface area (Å²) in [6, 6.07) is 0. The SMILES string of the molecule is CNNCCNC(C)=S. The van der Waals surface area contributed by atoms with E-state index in [-0.39, 0.29) is 0 Å².